The summed E-state index contributed by atoms with van der Waals surface area (Å²) >= 11 is 0. The van der Waals surface area contributed by atoms with Crippen LogP contribution in [0.1, 0.15) is 0 Å². The largest absolute Gasteiger partial charge is 0.480 e. The summed E-state index contributed by atoms with van der Waals surface area (Å²) in [5.74, 6) is -5.78. The molecule has 0 unspecified atom stereocenters. The summed E-state index contributed by atoms with van der Waals surface area (Å²) in [6, 6.07) is -1.39. The first-order valence-electron chi connectivity index (χ1n) is 8.75. The van der Waals surface area contributed by atoms with Crippen molar-refractivity contribution in [3.8, 4) is 0 Å². The molecule has 0 saturated heterocycles. The molecule has 0 aromatic heterocycles. The van der Waals surface area contributed by atoms with Crippen molar-refractivity contribution < 1.29 is 43.8 Å². The maximum absolute atomic E-state index is 11.9. The fraction of sp³-hybridized carbons (Fsp3) is 0.533. The molecule has 0 spiro atoms. The molecule has 0 heterocycles. The molecule has 10 N–H and O–H groups in total. The Hall–Kier alpha value is -3.79. The first-order valence-corrected chi connectivity index (χ1v) is 8.75. The van der Waals surface area contributed by atoms with Gasteiger partial charge in [0, 0.05) is 0 Å². The Morgan fingerprint density at radius 2 is 1.06 bits per heavy atom. The number of aliphatic hydroxyl groups is 1. The van der Waals surface area contributed by atoms with Crippen molar-refractivity contribution in [2.75, 3.05) is 45.9 Å². The Balaban J connectivity index is 4.17. The number of hydrogen-bond acceptors (Lipinski definition) is 9. The highest BCUT2D eigenvalue weighted by Gasteiger charge is 2.20. The Bertz CT molecular complexity index is 698. The Kier molecular flexibility index (Phi) is 13.3. The molecule has 1 atom stereocenters. The quantitative estimate of drug-likeness (QED) is 0.121. The normalized spacial score (nSPS) is 10.8. The molecule has 0 aromatic carbocycles. The molecule has 0 aromatic rings. The van der Waals surface area contributed by atoms with Crippen LogP contribution in [0.2, 0.25) is 0 Å². The van der Waals surface area contributed by atoms with E-state index in [4.69, 9.17) is 10.8 Å². The summed E-state index contributed by atoms with van der Waals surface area (Å²) in [6.45, 7) is -3.79. The third-order valence-corrected chi connectivity index (χ3v) is 3.22. The molecule has 6 amide bonds. The number of aliphatic carboxylic acids is 1. The minimum absolute atomic E-state index is 0.331. The number of hydrogen-bond donors (Lipinski definition) is 9. The van der Waals surface area contributed by atoms with Gasteiger partial charge in [0.25, 0.3) is 0 Å². The molecular formula is C15H25N7O9. The van der Waals surface area contributed by atoms with Crippen LogP contribution in [0.4, 0.5) is 0 Å². The van der Waals surface area contributed by atoms with Gasteiger partial charge in [0.1, 0.15) is 12.6 Å². The number of carbonyl (C=O) groups is 7. The van der Waals surface area contributed by atoms with Gasteiger partial charge in [-0.1, -0.05) is 0 Å². The van der Waals surface area contributed by atoms with Crippen molar-refractivity contribution in [1.82, 2.24) is 31.9 Å². The Morgan fingerprint density at radius 3 is 1.52 bits per heavy atom. The molecule has 0 fully saturated rings. The summed E-state index contributed by atoms with van der Waals surface area (Å²) in [5, 5.41) is 30.3. The van der Waals surface area contributed by atoms with Crippen molar-refractivity contribution in [2.45, 2.75) is 6.04 Å². The lowest BCUT2D eigenvalue weighted by Gasteiger charge is -2.16. The van der Waals surface area contributed by atoms with Crippen LogP contribution in [-0.4, -0.2) is 104 Å². The zero-order valence-electron chi connectivity index (χ0n) is 16.4. The summed E-state index contributed by atoms with van der Waals surface area (Å²) in [5.41, 5.74) is 5.05. The Labute approximate surface area is 175 Å². The van der Waals surface area contributed by atoms with E-state index < -0.39 is 86.8 Å². The molecule has 0 radical (unpaired) electrons. The highest BCUT2D eigenvalue weighted by Crippen LogP contribution is 1.84. The SMILES string of the molecule is NCC(=O)NCC(=O)N[C@@H](CO)C(=O)NCC(=O)NCC(=O)NCC(=O)NCC(=O)O. The summed E-state index contributed by atoms with van der Waals surface area (Å²) in [4.78, 5) is 79.1. The van der Waals surface area contributed by atoms with Crippen LogP contribution >= 0.6 is 0 Å². The molecule has 0 aliphatic heterocycles. The monoisotopic (exact) mass is 447 g/mol. The second-order valence-corrected chi connectivity index (χ2v) is 5.73. The first kappa shape index (κ1) is 27.2. The average Bonchev–Trinajstić information content (AvgIpc) is 2.74. The topological polar surface area (TPSA) is 258 Å². The number of carboxylic acid groups (broad SMARTS) is 1. The van der Waals surface area contributed by atoms with Gasteiger partial charge in [0.2, 0.25) is 35.4 Å². The van der Waals surface area contributed by atoms with Gasteiger partial charge in [-0.2, -0.15) is 0 Å². The lowest BCUT2D eigenvalue weighted by atomic mass is 10.3. The van der Waals surface area contributed by atoms with Gasteiger partial charge in [-0.05, 0) is 0 Å². The van der Waals surface area contributed by atoms with Gasteiger partial charge in [-0.15, -0.1) is 0 Å². The average molecular weight is 447 g/mol. The molecule has 0 aliphatic carbocycles. The van der Waals surface area contributed by atoms with Crippen LogP contribution in [0.3, 0.4) is 0 Å². The van der Waals surface area contributed by atoms with E-state index in [9.17, 15) is 38.7 Å². The van der Waals surface area contributed by atoms with Crippen molar-refractivity contribution in [1.29, 1.82) is 0 Å². The van der Waals surface area contributed by atoms with Gasteiger partial charge < -0.3 is 47.8 Å². The number of nitrogens with one attached hydrogen (secondary N) is 6. The smallest absolute Gasteiger partial charge is 0.322 e. The van der Waals surface area contributed by atoms with Gasteiger partial charge in [0.05, 0.1) is 39.3 Å². The van der Waals surface area contributed by atoms with Gasteiger partial charge in [-0.25, -0.2) is 0 Å². The molecule has 0 rings (SSSR count). The molecule has 16 nitrogen and oxygen atoms in total. The van der Waals surface area contributed by atoms with Crippen molar-refractivity contribution in [3.63, 3.8) is 0 Å². The fourth-order valence-electron chi connectivity index (χ4n) is 1.70. The van der Waals surface area contributed by atoms with Crippen LogP contribution in [0.5, 0.6) is 0 Å². The minimum Gasteiger partial charge on any atom is -0.480 e. The molecule has 31 heavy (non-hydrogen) atoms. The zero-order chi connectivity index (χ0) is 23.8. The summed E-state index contributed by atoms with van der Waals surface area (Å²) in [6.07, 6.45) is 0. The van der Waals surface area contributed by atoms with Crippen LogP contribution in [0.15, 0.2) is 0 Å². The maximum Gasteiger partial charge on any atom is 0.322 e. The maximum atomic E-state index is 11.9. The second kappa shape index (κ2) is 15.1. The number of carboxylic acids is 1. The van der Waals surface area contributed by atoms with E-state index in [0.717, 1.165) is 0 Å². The van der Waals surface area contributed by atoms with Gasteiger partial charge >= 0.3 is 5.97 Å². The van der Waals surface area contributed by atoms with E-state index in [2.05, 4.69) is 26.6 Å². The van der Waals surface area contributed by atoms with Crippen molar-refractivity contribution in [3.05, 3.63) is 0 Å². The highest BCUT2D eigenvalue weighted by molar-refractivity contribution is 5.93. The summed E-state index contributed by atoms with van der Waals surface area (Å²) < 4.78 is 0. The van der Waals surface area contributed by atoms with E-state index in [1.165, 1.54) is 0 Å². The molecule has 174 valence electrons. The lowest BCUT2D eigenvalue weighted by Crippen LogP contribution is -2.53. The number of rotatable bonds is 14. The number of nitrogens with two attached hydrogens (primary N) is 1. The van der Waals surface area contributed by atoms with E-state index in [1.54, 1.807) is 0 Å². The lowest BCUT2D eigenvalue weighted by molar-refractivity contribution is -0.137. The molecule has 16 heteroatoms. The molecular weight excluding hydrogens is 422 g/mol. The number of aliphatic hydroxyl groups excluding tert-OH is 1. The van der Waals surface area contributed by atoms with Crippen molar-refractivity contribution >= 4 is 41.4 Å². The number of carbonyl (C=O) groups excluding carboxylic acids is 6. The van der Waals surface area contributed by atoms with E-state index in [0.29, 0.717) is 0 Å². The number of amides is 6. The van der Waals surface area contributed by atoms with Crippen LogP contribution in [0, 0.1) is 0 Å². The van der Waals surface area contributed by atoms with E-state index in [1.807, 2.05) is 5.32 Å². The third-order valence-electron chi connectivity index (χ3n) is 3.22. The summed E-state index contributed by atoms with van der Waals surface area (Å²) in [7, 11) is 0. The van der Waals surface area contributed by atoms with Gasteiger partial charge in [-0.3, -0.25) is 33.6 Å². The van der Waals surface area contributed by atoms with E-state index >= 15 is 0 Å². The van der Waals surface area contributed by atoms with Crippen LogP contribution < -0.4 is 37.6 Å². The fourth-order valence-corrected chi connectivity index (χ4v) is 1.70. The Morgan fingerprint density at radius 1 is 0.645 bits per heavy atom. The molecule has 0 aliphatic rings. The minimum atomic E-state index is -1.39. The van der Waals surface area contributed by atoms with Crippen LogP contribution in [0.25, 0.3) is 0 Å². The standard InChI is InChI=1S/C15H25N7O9/c16-1-9(24)17-5-13(28)22-8(7-23)15(31)21-4-12(27)19-2-10(25)18-3-11(26)20-6-14(29)30/h8,23H,1-7,16H2,(H,17,24)(H,18,25)(H,19,27)(H,20,26)(H,21,31)(H,22,28)(H,29,30)/t8-/m0/s1. The first-order chi connectivity index (χ1) is 14.6. The third kappa shape index (κ3) is 13.9. The highest BCUT2D eigenvalue weighted by atomic mass is 16.4. The predicted octanol–water partition coefficient (Wildman–Crippen LogP) is -6.91. The molecule has 0 saturated carbocycles. The van der Waals surface area contributed by atoms with E-state index in [-0.39, 0.29) is 6.54 Å². The predicted molar refractivity (Wildman–Crippen MR) is 101 cm³/mol. The second-order valence-electron chi connectivity index (χ2n) is 5.73. The van der Waals surface area contributed by atoms with Crippen molar-refractivity contribution in [2.24, 2.45) is 5.73 Å². The van der Waals surface area contributed by atoms with Crippen LogP contribution in [-0.2, 0) is 33.6 Å². The van der Waals surface area contributed by atoms with Gasteiger partial charge in [0.15, 0.2) is 0 Å². The zero-order valence-corrected chi connectivity index (χ0v) is 16.4. The molecule has 0 bridgehead atoms.